The van der Waals surface area contributed by atoms with E-state index in [4.69, 9.17) is 16.3 Å². The standard InChI is InChI=1S/C16H9ClF4O3/c17-8-5-9(18)7-10(6-8)23-13-3-4-14(24-16(19,20)21)15-11(13)1-2-12(15)22/h3-7H,1-2H2. The minimum absolute atomic E-state index is 0.0494. The van der Waals surface area contributed by atoms with Crippen molar-refractivity contribution >= 4 is 17.4 Å². The van der Waals surface area contributed by atoms with Crippen molar-refractivity contribution < 1.29 is 31.8 Å². The van der Waals surface area contributed by atoms with Gasteiger partial charge in [0.2, 0.25) is 0 Å². The Bertz CT molecular complexity index is 797. The average molecular weight is 361 g/mol. The third-order valence-electron chi connectivity index (χ3n) is 3.40. The van der Waals surface area contributed by atoms with E-state index >= 15 is 0 Å². The number of fused-ring (bicyclic) bond motifs is 1. The Balaban J connectivity index is 2.00. The second kappa shape index (κ2) is 5.98. The van der Waals surface area contributed by atoms with Gasteiger partial charge in [0.15, 0.2) is 5.78 Å². The maximum atomic E-state index is 13.4. The van der Waals surface area contributed by atoms with Crippen LogP contribution in [0.4, 0.5) is 17.6 Å². The zero-order chi connectivity index (χ0) is 17.5. The molecule has 0 aromatic heterocycles. The van der Waals surface area contributed by atoms with Gasteiger partial charge < -0.3 is 9.47 Å². The smallest absolute Gasteiger partial charge is 0.457 e. The van der Waals surface area contributed by atoms with E-state index in [2.05, 4.69) is 4.74 Å². The van der Waals surface area contributed by atoms with Crippen LogP contribution >= 0.6 is 11.6 Å². The Kier molecular flexibility index (Phi) is 4.13. The largest absolute Gasteiger partial charge is 0.573 e. The van der Waals surface area contributed by atoms with Gasteiger partial charge in [-0.15, -0.1) is 13.2 Å². The second-order valence-corrected chi connectivity index (χ2v) is 5.53. The molecule has 1 aliphatic carbocycles. The fourth-order valence-corrected chi connectivity index (χ4v) is 2.76. The maximum Gasteiger partial charge on any atom is 0.573 e. The quantitative estimate of drug-likeness (QED) is 0.697. The predicted molar refractivity (Wildman–Crippen MR) is 77.3 cm³/mol. The van der Waals surface area contributed by atoms with Crippen LogP contribution < -0.4 is 9.47 Å². The summed E-state index contributed by atoms with van der Waals surface area (Å²) in [5, 5.41) is 0.106. The molecule has 0 saturated carbocycles. The van der Waals surface area contributed by atoms with Crippen LogP contribution in [-0.4, -0.2) is 12.1 Å². The predicted octanol–water partition coefficient (Wildman–Crippen LogP) is 5.30. The maximum absolute atomic E-state index is 13.4. The zero-order valence-electron chi connectivity index (χ0n) is 11.9. The lowest BCUT2D eigenvalue weighted by atomic mass is 10.1. The molecule has 0 heterocycles. The summed E-state index contributed by atoms with van der Waals surface area (Å²) in [6, 6.07) is 5.77. The summed E-state index contributed by atoms with van der Waals surface area (Å²) in [5.41, 5.74) is 0.134. The van der Waals surface area contributed by atoms with Gasteiger partial charge >= 0.3 is 6.36 Å². The molecular weight excluding hydrogens is 352 g/mol. The first-order valence-corrected chi connectivity index (χ1v) is 7.19. The lowest BCUT2D eigenvalue weighted by molar-refractivity contribution is -0.274. The molecule has 1 aliphatic rings. The molecule has 0 bridgehead atoms. The van der Waals surface area contributed by atoms with Gasteiger partial charge in [-0.1, -0.05) is 11.6 Å². The Hall–Kier alpha value is -2.28. The van der Waals surface area contributed by atoms with E-state index in [1.165, 1.54) is 12.1 Å². The molecule has 8 heteroatoms. The molecule has 0 atom stereocenters. The molecule has 0 spiro atoms. The van der Waals surface area contributed by atoms with Crippen LogP contribution in [0.3, 0.4) is 0 Å². The lowest BCUT2D eigenvalue weighted by Crippen LogP contribution is -2.18. The monoisotopic (exact) mass is 360 g/mol. The Morgan fingerprint density at radius 3 is 2.42 bits per heavy atom. The van der Waals surface area contributed by atoms with Crippen molar-refractivity contribution in [1.82, 2.24) is 0 Å². The Morgan fingerprint density at radius 2 is 1.75 bits per heavy atom. The van der Waals surface area contributed by atoms with E-state index in [-0.39, 0.29) is 34.9 Å². The molecule has 3 nitrogen and oxygen atoms in total. The van der Waals surface area contributed by atoms with Crippen molar-refractivity contribution in [2.45, 2.75) is 19.2 Å². The molecule has 0 unspecified atom stereocenters. The first-order valence-electron chi connectivity index (χ1n) is 6.82. The highest BCUT2D eigenvalue weighted by molar-refractivity contribution is 6.30. The molecule has 126 valence electrons. The first-order chi connectivity index (χ1) is 11.2. The van der Waals surface area contributed by atoms with Gasteiger partial charge in [-0.25, -0.2) is 4.39 Å². The van der Waals surface area contributed by atoms with E-state index < -0.39 is 23.7 Å². The number of benzene rings is 2. The van der Waals surface area contributed by atoms with Crippen molar-refractivity contribution in [2.75, 3.05) is 0 Å². The number of carbonyl (C=O) groups excluding carboxylic acids is 1. The van der Waals surface area contributed by atoms with Crippen LogP contribution in [0.2, 0.25) is 5.02 Å². The Labute approximate surface area is 138 Å². The average Bonchev–Trinajstić information content (AvgIpc) is 2.82. The number of Topliss-reactive ketones (excluding diaryl/α,β-unsaturated/α-hetero) is 1. The lowest BCUT2D eigenvalue weighted by Gasteiger charge is -2.15. The van der Waals surface area contributed by atoms with Crippen LogP contribution in [0, 0.1) is 5.82 Å². The molecule has 0 aliphatic heterocycles. The van der Waals surface area contributed by atoms with E-state index in [1.54, 1.807) is 0 Å². The minimum atomic E-state index is -4.91. The highest BCUT2D eigenvalue weighted by atomic mass is 35.5. The van der Waals surface area contributed by atoms with Crippen molar-refractivity contribution in [3.05, 3.63) is 52.3 Å². The molecule has 0 fully saturated rings. The summed E-state index contributed by atoms with van der Waals surface area (Å²) in [6.07, 6.45) is -4.65. The topological polar surface area (TPSA) is 35.5 Å². The summed E-state index contributed by atoms with van der Waals surface area (Å²) in [7, 11) is 0. The first kappa shape index (κ1) is 16.6. The van der Waals surface area contributed by atoms with Crippen LogP contribution in [0.15, 0.2) is 30.3 Å². The van der Waals surface area contributed by atoms with Gasteiger partial charge in [-0.3, -0.25) is 4.79 Å². The normalized spacial score (nSPS) is 13.8. The summed E-state index contributed by atoms with van der Waals surface area (Å²) in [4.78, 5) is 11.9. The van der Waals surface area contributed by atoms with Crippen molar-refractivity contribution in [3.63, 3.8) is 0 Å². The Morgan fingerprint density at radius 1 is 1.04 bits per heavy atom. The number of carbonyl (C=O) groups is 1. The van der Waals surface area contributed by atoms with Crippen LogP contribution in [0.25, 0.3) is 0 Å². The molecule has 24 heavy (non-hydrogen) atoms. The van der Waals surface area contributed by atoms with Gasteiger partial charge in [0.1, 0.15) is 23.1 Å². The molecule has 3 rings (SSSR count). The summed E-state index contributed by atoms with van der Waals surface area (Å²) in [5.74, 6) is -1.42. The number of rotatable bonds is 3. The fraction of sp³-hybridized carbons (Fsp3) is 0.188. The number of alkyl halides is 3. The fourth-order valence-electron chi connectivity index (χ4n) is 2.54. The van der Waals surface area contributed by atoms with E-state index in [0.717, 1.165) is 18.2 Å². The zero-order valence-corrected chi connectivity index (χ0v) is 12.7. The SMILES string of the molecule is O=C1CCc2c(Oc3cc(F)cc(Cl)c3)ccc(OC(F)(F)F)c21. The van der Waals surface area contributed by atoms with E-state index in [0.29, 0.717) is 5.56 Å². The molecule has 0 saturated heterocycles. The number of ketones is 1. The summed E-state index contributed by atoms with van der Waals surface area (Å²) < 4.78 is 60.1. The van der Waals surface area contributed by atoms with Gasteiger partial charge in [0.05, 0.1) is 5.56 Å². The minimum Gasteiger partial charge on any atom is -0.457 e. The van der Waals surface area contributed by atoms with Crippen molar-refractivity contribution in [3.8, 4) is 17.2 Å². The summed E-state index contributed by atoms with van der Waals surface area (Å²) >= 11 is 5.74. The number of halogens is 5. The molecule has 0 amide bonds. The van der Waals surface area contributed by atoms with Crippen LogP contribution in [0.1, 0.15) is 22.3 Å². The molecule has 2 aromatic rings. The number of hydrogen-bond acceptors (Lipinski definition) is 3. The highest BCUT2D eigenvalue weighted by Crippen LogP contribution is 2.40. The van der Waals surface area contributed by atoms with Gasteiger partial charge in [0, 0.05) is 23.1 Å². The van der Waals surface area contributed by atoms with E-state index in [9.17, 15) is 22.4 Å². The molecular formula is C16H9ClF4O3. The highest BCUT2D eigenvalue weighted by Gasteiger charge is 2.36. The van der Waals surface area contributed by atoms with Crippen molar-refractivity contribution in [1.29, 1.82) is 0 Å². The second-order valence-electron chi connectivity index (χ2n) is 5.09. The molecule has 0 N–H and O–H groups in total. The van der Waals surface area contributed by atoms with Gasteiger partial charge in [-0.05, 0) is 30.7 Å². The van der Waals surface area contributed by atoms with Crippen LogP contribution in [0.5, 0.6) is 17.2 Å². The van der Waals surface area contributed by atoms with Crippen LogP contribution in [-0.2, 0) is 6.42 Å². The van der Waals surface area contributed by atoms with E-state index in [1.807, 2.05) is 0 Å². The molecule has 0 radical (unpaired) electrons. The third kappa shape index (κ3) is 3.46. The van der Waals surface area contributed by atoms with Gasteiger partial charge in [0.25, 0.3) is 0 Å². The third-order valence-corrected chi connectivity index (χ3v) is 3.62. The number of hydrogen-bond donors (Lipinski definition) is 0. The van der Waals surface area contributed by atoms with Crippen molar-refractivity contribution in [2.24, 2.45) is 0 Å². The summed E-state index contributed by atoms with van der Waals surface area (Å²) in [6.45, 7) is 0. The van der Waals surface area contributed by atoms with Gasteiger partial charge in [-0.2, -0.15) is 0 Å². The number of ether oxygens (including phenoxy) is 2. The molecule has 2 aromatic carbocycles.